The molecule has 0 bridgehead atoms. The summed E-state index contributed by atoms with van der Waals surface area (Å²) < 4.78 is 0. The van der Waals surface area contributed by atoms with Crippen LogP contribution in [0.1, 0.15) is 29.5 Å². The third-order valence-electron chi connectivity index (χ3n) is 4.61. The van der Waals surface area contributed by atoms with Gasteiger partial charge in [0.1, 0.15) is 0 Å². The van der Waals surface area contributed by atoms with E-state index in [4.69, 9.17) is 0 Å². The van der Waals surface area contributed by atoms with E-state index in [-0.39, 0.29) is 0 Å². The minimum absolute atomic E-state index is 0.785. The van der Waals surface area contributed by atoms with E-state index < -0.39 is 0 Å². The molecule has 2 heteroatoms. The third-order valence-corrected chi connectivity index (χ3v) is 4.61. The van der Waals surface area contributed by atoms with Gasteiger partial charge in [-0.3, -0.25) is 0 Å². The van der Waals surface area contributed by atoms with Crippen LogP contribution in [0.2, 0.25) is 0 Å². The number of nitrogens with zero attached hydrogens (tertiary/aromatic N) is 1. The quantitative estimate of drug-likeness (QED) is 0.817. The minimum atomic E-state index is 0.785. The Morgan fingerprint density at radius 2 is 1.83 bits per heavy atom. The molecule has 2 fully saturated rings. The Kier molecular flexibility index (Phi) is 3.06. The number of hydrogen-bond acceptors (Lipinski definition) is 2. The summed E-state index contributed by atoms with van der Waals surface area (Å²) in [5, 5.41) is 3.64. The van der Waals surface area contributed by atoms with E-state index in [1.807, 2.05) is 0 Å². The van der Waals surface area contributed by atoms with Crippen molar-refractivity contribution in [2.24, 2.45) is 5.92 Å². The summed E-state index contributed by atoms with van der Waals surface area (Å²) >= 11 is 0. The SMILES string of the molecule is Cc1cc(C)c(N2CCC3NCCC3C2)c(C)c1. The standard InChI is InChI=1S/C16H24N2/c1-11-8-12(2)16(13(3)9-11)18-7-5-15-14(10-18)4-6-17-15/h8-9,14-15,17H,4-7,10H2,1-3H3. The lowest BCUT2D eigenvalue weighted by molar-refractivity contribution is 0.376. The molecule has 2 unspecified atom stereocenters. The van der Waals surface area contributed by atoms with Crippen molar-refractivity contribution in [3.05, 3.63) is 28.8 Å². The van der Waals surface area contributed by atoms with Gasteiger partial charge in [0, 0.05) is 24.8 Å². The highest BCUT2D eigenvalue weighted by Crippen LogP contribution is 2.32. The Morgan fingerprint density at radius 1 is 1.11 bits per heavy atom. The molecule has 0 spiro atoms. The van der Waals surface area contributed by atoms with E-state index in [1.54, 1.807) is 0 Å². The van der Waals surface area contributed by atoms with Crippen molar-refractivity contribution in [1.29, 1.82) is 0 Å². The summed E-state index contributed by atoms with van der Waals surface area (Å²) in [5.41, 5.74) is 5.76. The first-order valence-electron chi connectivity index (χ1n) is 7.21. The van der Waals surface area contributed by atoms with Crippen LogP contribution in [-0.4, -0.2) is 25.7 Å². The van der Waals surface area contributed by atoms with E-state index in [1.165, 1.54) is 54.9 Å². The number of benzene rings is 1. The zero-order chi connectivity index (χ0) is 12.7. The van der Waals surface area contributed by atoms with Gasteiger partial charge in [-0.05, 0) is 57.2 Å². The first-order valence-corrected chi connectivity index (χ1v) is 7.21. The highest BCUT2D eigenvalue weighted by Gasteiger charge is 2.33. The van der Waals surface area contributed by atoms with E-state index >= 15 is 0 Å². The lowest BCUT2D eigenvalue weighted by atomic mass is 9.92. The fraction of sp³-hybridized carbons (Fsp3) is 0.625. The van der Waals surface area contributed by atoms with E-state index in [2.05, 4.69) is 43.1 Å². The van der Waals surface area contributed by atoms with Crippen molar-refractivity contribution < 1.29 is 0 Å². The number of nitrogens with one attached hydrogen (secondary N) is 1. The highest BCUT2D eigenvalue weighted by molar-refractivity contribution is 5.60. The molecule has 0 amide bonds. The smallest absolute Gasteiger partial charge is 0.0425 e. The molecular weight excluding hydrogens is 220 g/mol. The molecule has 0 aliphatic carbocycles. The van der Waals surface area contributed by atoms with Crippen molar-refractivity contribution in [2.45, 2.75) is 39.7 Å². The van der Waals surface area contributed by atoms with Gasteiger partial charge in [0.2, 0.25) is 0 Å². The Morgan fingerprint density at radius 3 is 2.56 bits per heavy atom. The van der Waals surface area contributed by atoms with Crippen LogP contribution in [0.25, 0.3) is 0 Å². The molecule has 3 rings (SSSR count). The molecule has 2 aliphatic rings. The van der Waals surface area contributed by atoms with Gasteiger partial charge in [-0.15, -0.1) is 0 Å². The van der Waals surface area contributed by atoms with Gasteiger partial charge in [0.25, 0.3) is 0 Å². The summed E-state index contributed by atoms with van der Waals surface area (Å²) in [5.74, 6) is 0.860. The van der Waals surface area contributed by atoms with Crippen molar-refractivity contribution >= 4 is 5.69 Å². The number of fused-ring (bicyclic) bond motifs is 1. The summed E-state index contributed by atoms with van der Waals surface area (Å²) in [6.45, 7) is 10.4. The second-order valence-corrected chi connectivity index (χ2v) is 6.09. The second kappa shape index (κ2) is 4.58. The zero-order valence-electron chi connectivity index (χ0n) is 11.8. The molecule has 1 aromatic rings. The van der Waals surface area contributed by atoms with Crippen molar-refractivity contribution in [3.63, 3.8) is 0 Å². The van der Waals surface area contributed by atoms with Gasteiger partial charge in [-0.2, -0.15) is 0 Å². The lowest BCUT2D eigenvalue weighted by Gasteiger charge is -2.38. The minimum Gasteiger partial charge on any atom is -0.371 e. The molecule has 2 nitrogen and oxygen atoms in total. The van der Waals surface area contributed by atoms with E-state index in [9.17, 15) is 0 Å². The summed E-state index contributed by atoms with van der Waals surface area (Å²) in [6, 6.07) is 5.43. The first kappa shape index (κ1) is 12.0. The maximum atomic E-state index is 3.64. The molecule has 2 atom stereocenters. The van der Waals surface area contributed by atoms with Crippen LogP contribution in [0, 0.1) is 26.7 Å². The van der Waals surface area contributed by atoms with Gasteiger partial charge < -0.3 is 10.2 Å². The molecule has 2 heterocycles. The Balaban J connectivity index is 1.87. The van der Waals surface area contributed by atoms with Crippen LogP contribution in [0.15, 0.2) is 12.1 Å². The molecule has 18 heavy (non-hydrogen) atoms. The molecule has 0 aromatic heterocycles. The lowest BCUT2D eigenvalue weighted by Crippen LogP contribution is -2.44. The van der Waals surface area contributed by atoms with Crippen LogP contribution in [0.4, 0.5) is 5.69 Å². The van der Waals surface area contributed by atoms with E-state index in [0.29, 0.717) is 0 Å². The monoisotopic (exact) mass is 244 g/mol. The zero-order valence-corrected chi connectivity index (χ0v) is 11.8. The predicted molar refractivity (Wildman–Crippen MR) is 77.4 cm³/mol. The molecule has 1 N–H and O–H groups in total. The fourth-order valence-corrected chi connectivity index (χ4v) is 3.92. The molecule has 0 saturated carbocycles. The number of anilines is 1. The van der Waals surface area contributed by atoms with Crippen molar-refractivity contribution in [3.8, 4) is 0 Å². The molecule has 2 aliphatic heterocycles. The first-order chi connectivity index (χ1) is 8.65. The Hall–Kier alpha value is -1.02. The largest absolute Gasteiger partial charge is 0.371 e. The maximum absolute atomic E-state index is 3.64. The number of hydrogen-bond donors (Lipinski definition) is 1. The Labute approximate surface area is 110 Å². The van der Waals surface area contributed by atoms with Gasteiger partial charge in [-0.25, -0.2) is 0 Å². The fourth-order valence-electron chi connectivity index (χ4n) is 3.92. The van der Waals surface area contributed by atoms with Crippen molar-refractivity contribution in [2.75, 3.05) is 24.5 Å². The predicted octanol–water partition coefficient (Wildman–Crippen LogP) is 2.80. The maximum Gasteiger partial charge on any atom is 0.0425 e. The summed E-state index contributed by atoms with van der Waals surface area (Å²) in [6.07, 6.45) is 2.66. The van der Waals surface area contributed by atoms with Crippen LogP contribution in [0.3, 0.4) is 0 Å². The van der Waals surface area contributed by atoms with Crippen LogP contribution < -0.4 is 10.2 Å². The molecule has 2 saturated heterocycles. The Bertz CT molecular complexity index is 429. The van der Waals surface area contributed by atoms with Crippen LogP contribution in [0.5, 0.6) is 0 Å². The van der Waals surface area contributed by atoms with Gasteiger partial charge in [0.05, 0.1) is 0 Å². The van der Waals surface area contributed by atoms with Crippen molar-refractivity contribution in [1.82, 2.24) is 5.32 Å². The third kappa shape index (κ3) is 2.03. The normalized spacial score (nSPS) is 27.4. The molecule has 0 radical (unpaired) electrons. The van der Waals surface area contributed by atoms with Crippen LogP contribution >= 0.6 is 0 Å². The second-order valence-electron chi connectivity index (χ2n) is 6.09. The average Bonchev–Trinajstić information content (AvgIpc) is 2.74. The number of rotatable bonds is 1. The van der Waals surface area contributed by atoms with Gasteiger partial charge in [-0.1, -0.05) is 17.7 Å². The number of aryl methyl sites for hydroxylation is 3. The van der Waals surface area contributed by atoms with E-state index in [0.717, 1.165) is 12.0 Å². The molecule has 98 valence electrons. The summed E-state index contributed by atoms with van der Waals surface area (Å²) in [4.78, 5) is 2.62. The van der Waals surface area contributed by atoms with Gasteiger partial charge in [0.15, 0.2) is 0 Å². The summed E-state index contributed by atoms with van der Waals surface area (Å²) in [7, 11) is 0. The van der Waals surface area contributed by atoms with Crippen LogP contribution in [-0.2, 0) is 0 Å². The molecular formula is C16H24N2. The molecule has 1 aromatic carbocycles. The topological polar surface area (TPSA) is 15.3 Å². The highest BCUT2D eigenvalue weighted by atomic mass is 15.2. The number of piperidine rings is 1. The van der Waals surface area contributed by atoms with Gasteiger partial charge >= 0.3 is 0 Å². The average molecular weight is 244 g/mol.